The SMILES string of the molecule is C#CCC(=O)C1(CN)CCOCC1. The maximum absolute atomic E-state index is 11.7. The predicted molar refractivity (Wildman–Crippen MR) is 50.0 cm³/mol. The van der Waals surface area contributed by atoms with Crippen molar-refractivity contribution >= 4 is 5.78 Å². The van der Waals surface area contributed by atoms with E-state index in [9.17, 15) is 4.79 Å². The molecule has 1 aliphatic heterocycles. The van der Waals surface area contributed by atoms with Crippen LogP contribution in [0.2, 0.25) is 0 Å². The number of rotatable bonds is 3. The molecule has 1 aliphatic rings. The predicted octanol–water partition coefficient (Wildman–Crippen LogP) is 0.334. The molecule has 1 heterocycles. The van der Waals surface area contributed by atoms with Gasteiger partial charge in [0.2, 0.25) is 0 Å². The molecule has 0 spiro atoms. The van der Waals surface area contributed by atoms with Crippen LogP contribution in [0.25, 0.3) is 0 Å². The van der Waals surface area contributed by atoms with Gasteiger partial charge < -0.3 is 10.5 Å². The van der Waals surface area contributed by atoms with Crippen molar-refractivity contribution in [2.24, 2.45) is 11.1 Å². The molecule has 1 fully saturated rings. The smallest absolute Gasteiger partial charge is 0.152 e. The molecule has 3 nitrogen and oxygen atoms in total. The van der Waals surface area contributed by atoms with Gasteiger partial charge in [0.15, 0.2) is 5.78 Å². The summed E-state index contributed by atoms with van der Waals surface area (Å²) in [6, 6.07) is 0. The molecule has 0 unspecified atom stereocenters. The second-order valence-electron chi connectivity index (χ2n) is 3.40. The molecular formula is C10H15NO2. The lowest BCUT2D eigenvalue weighted by Gasteiger charge is -2.34. The van der Waals surface area contributed by atoms with E-state index in [1.165, 1.54) is 0 Å². The number of nitrogens with two attached hydrogens (primary N) is 1. The van der Waals surface area contributed by atoms with Crippen molar-refractivity contribution in [2.75, 3.05) is 19.8 Å². The molecule has 13 heavy (non-hydrogen) atoms. The van der Waals surface area contributed by atoms with E-state index in [1.807, 2.05) is 0 Å². The molecule has 0 saturated carbocycles. The zero-order chi connectivity index (χ0) is 9.73. The molecule has 0 aromatic carbocycles. The Kier molecular flexibility index (Phi) is 3.47. The highest BCUT2D eigenvalue weighted by Crippen LogP contribution is 2.31. The normalized spacial score (nSPS) is 20.6. The van der Waals surface area contributed by atoms with Crippen molar-refractivity contribution in [3.05, 3.63) is 0 Å². The fourth-order valence-electron chi connectivity index (χ4n) is 1.64. The zero-order valence-electron chi connectivity index (χ0n) is 7.71. The van der Waals surface area contributed by atoms with Crippen LogP contribution in [0.5, 0.6) is 0 Å². The van der Waals surface area contributed by atoms with Crippen molar-refractivity contribution in [2.45, 2.75) is 19.3 Å². The van der Waals surface area contributed by atoms with Gasteiger partial charge in [-0.3, -0.25) is 4.79 Å². The molecule has 2 N–H and O–H groups in total. The standard InChI is InChI=1S/C10H15NO2/c1-2-3-9(12)10(8-11)4-6-13-7-5-10/h1H,3-8,11H2. The van der Waals surface area contributed by atoms with Crippen molar-refractivity contribution in [1.82, 2.24) is 0 Å². The summed E-state index contributed by atoms with van der Waals surface area (Å²) in [5, 5.41) is 0. The first-order chi connectivity index (χ1) is 6.25. The maximum Gasteiger partial charge on any atom is 0.152 e. The number of ether oxygens (including phenoxy) is 1. The summed E-state index contributed by atoms with van der Waals surface area (Å²) in [6.45, 7) is 1.62. The Bertz CT molecular complexity index is 224. The maximum atomic E-state index is 11.7. The lowest BCUT2D eigenvalue weighted by Crippen LogP contribution is -2.43. The molecule has 0 aromatic rings. The van der Waals surface area contributed by atoms with E-state index in [0.717, 1.165) is 0 Å². The molecule has 1 rings (SSSR count). The lowest BCUT2D eigenvalue weighted by molar-refractivity contribution is -0.132. The van der Waals surface area contributed by atoms with Gasteiger partial charge >= 0.3 is 0 Å². The minimum atomic E-state index is -0.398. The van der Waals surface area contributed by atoms with Gasteiger partial charge in [0.05, 0.1) is 6.42 Å². The van der Waals surface area contributed by atoms with E-state index in [0.29, 0.717) is 32.6 Å². The van der Waals surface area contributed by atoms with E-state index >= 15 is 0 Å². The molecule has 0 bridgehead atoms. The van der Waals surface area contributed by atoms with Gasteiger partial charge in [0.25, 0.3) is 0 Å². The minimum absolute atomic E-state index is 0.0980. The fraction of sp³-hybridized carbons (Fsp3) is 0.700. The summed E-state index contributed by atoms with van der Waals surface area (Å²) in [7, 11) is 0. The Morgan fingerprint density at radius 1 is 1.54 bits per heavy atom. The average molecular weight is 181 g/mol. The Labute approximate surface area is 78.6 Å². The molecule has 0 amide bonds. The highest BCUT2D eigenvalue weighted by molar-refractivity contribution is 5.87. The van der Waals surface area contributed by atoms with E-state index in [2.05, 4.69) is 5.92 Å². The van der Waals surface area contributed by atoms with E-state index < -0.39 is 5.41 Å². The van der Waals surface area contributed by atoms with Crippen LogP contribution in [0.4, 0.5) is 0 Å². The largest absolute Gasteiger partial charge is 0.381 e. The van der Waals surface area contributed by atoms with E-state index in [4.69, 9.17) is 16.9 Å². The van der Waals surface area contributed by atoms with Gasteiger partial charge in [0.1, 0.15) is 0 Å². The number of hydrogen-bond acceptors (Lipinski definition) is 3. The molecule has 3 heteroatoms. The monoisotopic (exact) mass is 181 g/mol. The molecule has 72 valence electrons. The van der Waals surface area contributed by atoms with Crippen LogP contribution in [-0.2, 0) is 9.53 Å². The number of terminal acetylenes is 1. The first-order valence-corrected chi connectivity index (χ1v) is 4.50. The molecule has 0 radical (unpaired) electrons. The first-order valence-electron chi connectivity index (χ1n) is 4.50. The summed E-state index contributed by atoms with van der Waals surface area (Å²) >= 11 is 0. The van der Waals surface area contributed by atoms with Gasteiger partial charge in [-0.05, 0) is 12.8 Å². The number of carbonyl (C=O) groups is 1. The quantitative estimate of drug-likeness (QED) is 0.638. The van der Waals surface area contributed by atoms with Crippen LogP contribution in [0.15, 0.2) is 0 Å². The second kappa shape index (κ2) is 4.40. The topological polar surface area (TPSA) is 52.3 Å². The van der Waals surface area contributed by atoms with E-state index in [-0.39, 0.29) is 12.2 Å². The van der Waals surface area contributed by atoms with Crippen LogP contribution in [0.3, 0.4) is 0 Å². The molecular weight excluding hydrogens is 166 g/mol. The van der Waals surface area contributed by atoms with Crippen LogP contribution >= 0.6 is 0 Å². The Hall–Kier alpha value is -0.850. The zero-order valence-corrected chi connectivity index (χ0v) is 7.71. The molecule has 0 aliphatic carbocycles. The van der Waals surface area contributed by atoms with Gasteiger partial charge in [-0.15, -0.1) is 6.42 Å². The van der Waals surface area contributed by atoms with Crippen LogP contribution in [0, 0.1) is 17.8 Å². The van der Waals surface area contributed by atoms with Gasteiger partial charge in [-0.2, -0.15) is 0 Å². The third kappa shape index (κ3) is 2.09. The number of hydrogen-bond donors (Lipinski definition) is 1. The first kappa shape index (κ1) is 10.2. The van der Waals surface area contributed by atoms with Crippen molar-refractivity contribution in [3.63, 3.8) is 0 Å². The van der Waals surface area contributed by atoms with Crippen LogP contribution in [-0.4, -0.2) is 25.5 Å². The molecule has 0 atom stereocenters. The minimum Gasteiger partial charge on any atom is -0.381 e. The third-order valence-electron chi connectivity index (χ3n) is 2.69. The Balaban J connectivity index is 2.67. The van der Waals surface area contributed by atoms with Gasteiger partial charge in [-0.25, -0.2) is 0 Å². The highest BCUT2D eigenvalue weighted by Gasteiger charge is 2.37. The van der Waals surface area contributed by atoms with Crippen molar-refractivity contribution in [1.29, 1.82) is 0 Å². The van der Waals surface area contributed by atoms with Crippen molar-refractivity contribution in [3.8, 4) is 12.3 Å². The summed E-state index contributed by atoms with van der Waals surface area (Å²) in [5.74, 6) is 2.48. The van der Waals surface area contributed by atoms with Crippen LogP contribution < -0.4 is 5.73 Å². The highest BCUT2D eigenvalue weighted by atomic mass is 16.5. The van der Waals surface area contributed by atoms with E-state index in [1.54, 1.807) is 0 Å². The summed E-state index contributed by atoms with van der Waals surface area (Å²) in [6.07, 6.45) is 6.72. The fourth-order valence-corrected chi connectivity index (χ4v) is 1.64. The van der Waals surface area contributed by atoms with Gasteiger partial charge in [0, 0.05) is 25.2 Å². The third-order valence-corrected chi connectivity index (χ3v) is 2.69. The average Bonchev–Trinajstić information content (AvgIpc) is 2.19. The molecule has 0 aromatic heterocycles. The lowest BCUT2D eigenvalue weighted by atomic mass is 9.75. The second-order valence-corrected chi connectivity index (χ2v) is 3.40. The number of carbonyl (C=O) groups excluding carboxylic acids is 1. The molecule has 1 saturated heterocycles. The number of ketones is 1. The number of Topliss-reactive ketones (excluding diaryl/α,β-unsaturated/α-hetero) is 1. The summed E-state index contributed by atoms with van der Waals surface area (Å²) < 4.78 is 5.20. The van der Waals surface area contributed by atoms with Crippen LogP contribution in [0.1, 0.15) is 19.3 Å². The Morgan fingerprint density at radius 3 is 2.62 bits per heavy atom. The van der Waals surface area contributed by atoms with Crippen molar-refractivity contribution < 1.29 is 9.53 Å². The summed E-state index contributed by atoms with van der Waals surface area (Å²) in [4.78, 5) is 11.7. The van der Waals surface area contributed by atoms with Gasteiger partial charge in [-0.1, -0.05) is 5.92 Å². The Morgan fingerprint density at radius 2 is 2.15 bits per heavy atom. The summed E-state index contributed by atoms with van der Waals surface area (Å²) in [5.41, 5.74) is 5.23.